The monoisotopic (exact) mass is 419 g/mol. The minimum Gasteiger partial charge on any atom is -0.383 e. The van der Waals surface area contributed by atoms with Crippen molar-refractivity contribution in [2.45, 2.75) is 26.3 Å². The predicted molar refractivity (Wildman–Crippen MR) is 101 cm³/mol. The number of anilines is 1. The van der Waals surface area contributed by atoms with Crippen molar-refractivity contribution in [2.75, 3.05) is 38.3 Å². The maximum absolute atomic E-state index is 5.85. The number of pyridine rings is 1. The second kappa shape index (κ2) is 9.83. The second-order valence-corrected chi connectivity index (χ2v) is 5.25. The van der Waals surface area contributed by atoms with Gasteiger partial charge >= 0.3 is 0 Å². The molecular formula is C15H26IN5O. The van der Waals surface area contributed by atoms with E-state index in [2.05, 4.69) is 26.3 Å². The van der Waals surface area contributed by atoms with Crippen molar-refractivity contribution in [1.82, 2.24) is 10.3 Å². The lowest BCUT2D eigenvalue weighted by Gasteiger charge is -2.20. The van der Waals surface area contributed by atoms with Crippen molar-refractivity contribution in [2.24, 2.45) is 10.7 Å². The highest BCUT2D eigenvalue weighted by molar-refractivity contribution is 14.0. The molecule has 1 saturated heterocycles. The van der Waals surface area contributed by atoms with Gasteiger partial charge in [0.2, 0.25) is 0 Å². The SMILES string of the molecule is COCCNC(N)=NCc1ccc(C)nc1N1CCCC1.I. The first-order valence-corrected chi connectivity index (χ1v) is 7.45. The molecule has 1 aliphatic heterocycles. The molecule has 0 aliphatic carbocycles. The van der Waals surface area contributed by atoms with Crippen LogP contribution < -0.4 is 16.0 Å². The van der Waals surface area contributed by atoms with Crippen molar-refractivity contribution in [3.63, 3.8) is 0 Å². The number of rotatable bonds is 6. The smallest absolute Gasteiger partial charge is 0.189 e. The Labute approximate surface area is 149 Å². The van der Waals surface area contributed by atoms with Crippen LogP contribution in [0.3, 0.4) is 0 Å². The van der Waals surface area contributed by atoms with Gasteiger partial charge in [-0.15, -0.1) is 24.0 Å². The van der Waals surface area contributed by atoms with Crippen LogP contribution in [0.1, 0.15) is 24.1 Å². The molecule has 0 atom stereocenters. The Hall–Kier alpha value is -1.09. The summed E-state index contributed by atoms with van der Waals surface area (Å²) in [6.45, 7) is 6.00. The standard InChI is InChI=1S/C15H25N5O.HI/c1-12-5-6-13(11-18-15(16)17-7-10-21-2)14(19-12)20-8-3-4-9-20;/h5-6H,3-4,7-11H2,1-2H3,(H3,16,17,18);1H. The van der Waals surface area contributed by atoms with Gasteiger partial charge in [-0.2, -0.15) is 0 Å². The third-order valence-corrected chi connectivity index (χ3v) is 3.53. The predicted octanol–water partition coefficient (Wildman–Crippen LogP) is 1.66. The quantitative estimate of drug-likeness (QED) is 0.318. The molecule has 0 unspecified atom stereocenters. The number of hydrogen-bond donors (Lipinski definition) is 2. The number of aromatic nitrogens is 1. The van der Waals surface area contributed by atoms with Crippen LogP contribution in [0.5, 0.6) is 0 Å². The van der Waals surface area contributed by atoms with Gasteiger partial charge in [0.05, 0.1) is 13.2 Å². The van der Waals surface area contributed by atoms with Crippen LogP contribution in [-0.2, 0) is 11.3 Å². The Morgan fingerprint density at radius 1 is 1.41 bits per heavy atom. The van der Waals surface area contributed by atoms with Gasteiger partial charge in [-0.25, -0.2) is 9.98 Å². The van der Waals surface area contributed by atoms with Crippen LogP contribution >= 0.6 is 24.0 Å². The fraction of sp³-hybridized carbons (Fsp3) is 0.600. The minimum absolute atomic E-state index is 0. The molecule has 2 rings (SSSR count). The van der Waals surface area contributed by atoms with Gasteiger partial charge in [-0.3, -0.25) is 0 Å². The second-order valence-electron chi connectivity index (χ2n) is 5.25. The number of guanidine groups is 1. The van der Waals surface area contributed by atoms with E-state index in [1.165, 1.54) is 12.8 Å². The molecule has 1 aromatic heterocycles. The Kier molecular flexibility index (Phi) is 8.47. The Bertz CT molecular complexity index is 489. The summed E-state index contributed by atoms with van der Waals surface area (Å²) in [6, 6.07) is 4.13. The van der Waals surface area contributed by atoms with Crippen LogP contribution in [0.15, 0.2) is 17.1 Å². The first kappa shape index (κ1) is 19.0. The van der Waals surface area contributed by atoms with Crippen molar-refractivity contribution in [3.05, 3.63) is 23.4 Å². The van der Waals surface area contributed by atoms with Gasteiger partial charge in [0, 0.05) is 38.0 Å². The third-order valence-electron chi connectivity index (χ3n) is 3.53. The van der Waals surface area contributed by atoms with Crippen LogP contribution in [0.25, 0.3) is 0 Å². The molecule has 2 heterocycles. The number of aliphatic imine (C=N–C) groups is 1. The Morgan fingerprint density at radius 3 is 2.82 bits per heavy atom. The average molecular weight is 419 g/mol. The normalized spacial score (nSPS) is 14.8. The number of aryl methyl sites for hydroxylation is 1. The summed E-state index contributed by atoms with van der Waals surface area (Å²) in [5.41, 5.74) is 8.01. The largest absolute Gasteiger partial charge is 0.383 e. The highest BCUT2D eigenvalue weighted by atomic mass is 127. The molecule has 0 bridgehead atoms. The highest BCUT2D eigenvalue weighted by Gasteiger charge is 2.17. The summed E-state index contributed by atoms with van der Waals surface area (Å²) < 4.78 is 4.97. The van der Waals surface area contributed by atoms with Crippen molar-refractivity contribution < 1.29 is 4.74 Å². The summed E-state index contributed by atoms with van der Waals surface area (Å²) in [6.07, 6.45) is 2.47. The molecule has 22 heavy (non-hydrogen) atoms. The first-order chi connectivity index (χ1) is 10.2. The molecule has 0 spiro atoms. The van der Waals surface area contributed by atoms with Gasteiger partial charge in [0.15, 0.2) is 5.96 Å². The zero-order valence-electron chi connectivity index (χ0n) is 13.3. The van der Waals surface area contributed by atoms with Crippen LogP contribution in [0.4, 0.5) is 5.82 Å². The topological polar surface area (TPSA) is 75.8 Å². The fourth-order valence-corrected chi connectivity index (χ4v) is 2.41. The number of methoxy groups -OCH3 is 1. The summed E-state index contributed by atoms with van der Waals surface area (Å²) in [4.78, 5) is 11.4. The number of halogens is 1. The highest BCUT2D eigenvalue weighted by Crippen LogP contribution is 2.23. The van der Waals surface area contributed by atoms with E-state index in [0.29, 0.717) is 25.7 Å². The summed E-state index contributed by atoms with van der Waals surface area (Å²) in [5, 5.41) is 3.02. The lowest BCUT2D eigenvalue weighted by Crippen LogP contribution is -2.34. The van der Waals surface area contributed by atoms with Crippen LogP contribution in [-0.4, -0.2) is 44.3 Å². The van der Waals surface area contributed by atoms with E-state index in [1.54, 1.807) is 7.11 Å². The van der Waals surface area contributed by atoms with Gasteiger partial charge in [0.25, 0.3) is 0 Å². The van der Waals surface area contributed by atoms with E-state index in [0.717, 1.165) is 30.2 Å². The maximum atomic E-state index is 5.85. The zero-order valence-corrected chi connectivity index (χ0v) is 15.7. The van der Waals surface area contributed by atoms with Gasteiger partial charge in [-0.1, -0.05) is 6.07 Å². The zero-order chi connectivity index (χ0) is 15.1. The maximum Gasteiger partial charge on any atom is 0.189 e. The molecule has 0 aromatic carbocycles. The lowest BCUT2D eigenvalue weighted by atomic mass is 10.2. The van der Waals surface area contributed by atoms with Crippen LogP contribution in [0.2, 0.25) is 0 Å². The molecule has 1 aliphatic rings. The van der Waals surface area contributed by atoms with E-state index in [1.807, 2.05) is 13.0 Å². The van der Waals surface area contributed by atoms with Crippen molar-refractivity contribution in [1.29, 1.82) is 0 Å². The van der Waals surface area contributed by atoms with E-state index < -0.39 is 0 Å². The molecule has 1 fully saturated rings. The van der Waals surface area contributed by atoms with Gasteiger partial charge in [0.1, 0.15) is 5.82 Å². The molecule has 0 radical (unpaired) electrons. The molecule has 0 saturated carbocycles. The van der Waals surface area contributed by atoms with E-state index in [-0.39, 0.29) is 24.0 Å². The molecule has 3 N–H and O–H groups in total. The first-order valence-electron chi connectivity index (χ1n) is 7.45. The Balaban J connectivity index is 0.00000242. The number of ether oxygens (including phenoxy) is 1. The van der Waals surface area contributed by atoms with Crippen molar-refractivity contribution in [3.8, 4) is 0 Å². The Morgan fingerprint density at radius 2 is 2.14 bits per heavy atom. The number of nitrogens with one attached hydrogen (secondary N) is 1. The molecule has 0 amide bonds. The number of nitrogens with zero attached hydrogens (tertiary/aromatic N) is 3. The summed E-state index contributed by atoms with van der Waals surface area (Å²) >= 11 is 0. The molecule has 124 valence electrons. The number of hydrogen-bond acceptors (Lipinski definition) is 4. The minimum atomic E-state index is 0. The fourth-order valence-electron chi connectivity index (χ4n) is 2.41. The van der Waals surface area contributed by atoms with E-state index >= 15 is 0 Å². The van der Waals surface area contributed by atoms with Crippen molar-refractivity contribution >= 4 is 35.8 Å². The third kappa shape index (κ3) is 5.60. The average Bonchev–Trinajstić information content (AvgIpc) is 3.00. The van der Waals surface area contributed by atoms with E-state index in [9.17, 15) is 0 Å². The summed E-state index contributed by atoms with van der Waals surface area (Å²) in [7, 11) is 1.66. The van der Waals surface area contributed by atoms with Gasteiger partial charge in [-0.05, 0) is 25.8 Å². The summed E-state index contributed by atoms with van der Waals surface area (Å²) in [5.74, 6) is 1.50. The lowest BCUT2D eigenvalue weighted by molar-refractivity contribution is 0.204. The molecular weight excluding hydrogens is 393 g/mol. The van der Waals surface area contributed by atoms with Gasteiger partial charge < -0.3 is 20.7 Å². The molecule has 1 aromatic rings. The number of nitrogens with two attached hydrogens (primary N) is 1. The van der Waals surface area contributed by atoms with Crippen LogP contribution in [0, 0.1) is 6.92 Å². The molecule has 7 heteroatoms. The molecule has 6 nitrogen and oxygen atoms in total. The van der Waals surface area contributed by atoms with E-state index in [4.69, 9.17) is 10.5 Å².